The van der Waals surface area contributed by atoms with E-state index in [4.69, 9.17) is 4.74 Å². The third-order valence-electron chi connectivity index (χ3n) is 3.99. The largest absolute Gasteiger partial charge is 0.489 e. The summed E-state index contributed by atoms with van der Waals surface area (Å²) in [6.07, 6.45) is 0.865. The maximum atomic E-state index is 13.5. The van der Waals surface area contributed by atoms with Gasteiger partial charge in [-0.05, 0) is 43.7 Å². The van der Waals surface area contributed by atoms with E-state index in [2.05, 4.69) is 12.2 Å². The predicted molar refractivity (Wildman–Crippen MR) is 98.6 cm³/mol. The molecule has 0 spiro atoms. The van der Waals surface area contributed by atoms with Crippen molar-refractivity contribution in [2.75, 3.05) is 32.1 Å². The number of halogens is 1. The van der Waals surface area contributed by atoms with E-state index >= 15 is 0 Å². The van der Waals surface area contributed by atoms with Gasteiger partial charge in [0.15, 0.2) is 11.6 Å². The number of nitrogens with zero attached hydrogens (tertiary/aromatic N) is 1. The number of rotatable bonds is 8. The number of para-hydroxylation sites is 2. The van der Waals surface area contributed by atoms with Crippen LogP contribution in [0.5, 0.6) is 5.75 Å². The first-order valence-corrected chi connectivity index (χ1v) is 8.45. The molecule has 0 bridgehead atoms. The Labute approximate surface area is 148 Å². The van der Waals surface area contributed by atoms with Crippen molar-refractivity contribution in [3.63, 3.8) is 0 Å². The van der Waals surface area contributed by atoms with Crippen LogP contribution in [0.3, 0.4) is 0 Å². The molecule has 2 aromatic rings. The van der Waals surface area contributed by atoms with Crippen molar-refractivity contribution in [3.05, 3.63) is 59.4 Å². The Morgan fingerprint density at radius 1 is 1.20 bits per heavy atom. The van der Waals surface area contributed by atoms with Crippen LogP contribution in [0.1, 0.15) is 18.1 Å². The minimum atomic E-state index is -0.380. The second kappa shape index (κ2) is 9.18. The second-order valence-electron chi connectivity index (χ2n) is 6.03. The summed E-state index contributed by atoms with van der Waals surface area (Å²) in [6, 6.07) is 12.3. The van der Waals surface area contributed by atoms with E-state index in [0.717, 1.165) is 23.2 Å². The number of anilines is 1. The van der Waals surface area contributed by atoms with Crippen LogP contribution in [0.4, 0.5) is 10.1 Å². The lowest BCUT2D eigenvalue weighted by Gasteiger charge is -2.18. The Balaban J connectivity index is 1.81. The summed E-state index contributed by atoms with van der Waals surface area (Å²) in [4.78, 5) is 14.1. The standard InChI is InChI=1S/C20H25FN2O2/c1-4-16-9-7-8-15(2)20(16)22-19(24)14-23(3)12-13-25-18-11-6-5-10-17(18)21/h5-11H,4,12-14H2,1-3H3,(H,22,24). The van der Waals surface area contributed by atoms with Gasteiger partial charge in [0.05, 0.1) is 6.54 Å². The topological polar surface area (TPSA) is 41.6 Å². The van der Waals surface area contributed by atoms with Gasteiger partial charge < -0.3 is 10.1 Å². The SMILES string of the molecule is CCc1cccc(C)c1NC(=O)CN(C)CCOc1ccccc1F. The molecule has 0 aromatic heterocycles. The Hall–Kier alpha value is -2.40. The fourth-order valence-electron chi connectivity index (χ4n) is 2.58. The van der Waals surface area contributed by atoms with Crippen molar-refractivity contribution in [2.24, 2.45) is 0 Å². The third kappa shape index (κ3) is 5.57. The van der Waals surface area contributed by atoms with Gasteiger partial charge in [0.1, 0.15) is 6.61 Å². The Morgan fingerprint density at radius 2 is 1.96 bits per heavy atom. The van der Waals surface area contributed by atoms with Crippen LogP contribution in [0, 0.1) is 12.7 Å². The summed E-state index contributed by atoms with van der Waals surface area (Å²) in [5, 5.41) is 3.00. The van der Waals surface area contributed by atoms with Gasteiger partial charge in [-0.3, -0.25) is 9.69 Å². The quantitative estimate of drug-likeness (QED) is 0.795. The lowest BCUT2D eigenvalue weighted by Crippen LogP contribution is -2.33. The van der Waals surface area contributed by atoms with Gasteiger partial charge in [0.25, 0.3) is 0 Å². The molecular formula is C20H25FN2O2. The van der Waals surface area contributed by atoms with E-state index in [0.29, 0.717) is 13.2 Å². The minimum Gasteiger partial charge on any atom is -0.489 e. The van der Waals surface area contributed by atoms with Crippen LogP contribution in [-0.4, -0.2) is 37.6 Å². The monoisotopic (exact) mass is 344 g/mol. The molecule has 2 aromatic carbocycles. The van der Waals surface area contributed by atoms with E-state index < -0.39 is 0 Å². The summed E-state index contributed by atoms with van der Waals surface area (Å²) in [5.74, 6) is -0.222. The molecule has 0 radical (unpaired) electrons. The molecule has 4 nitrogen and oxygen atoms in total. The van der Waals surface area contributed by atoms with Crippen molar-refractivity contribution < 1.29 is 13.9 Å². The summed E-state index contributed by atoms with van der Waals surface area (Å²) in [5.41, 5.74) is 3.07. The van der Waals surface area contributed by atoms with Crippen LogP contribution < -0.4 is 10.1 Å². The highest BCUT2D eigenvalue weighted by Gasteiger charge is 2.11. The van der Waals surface area contributed by atoms with E-state index in [9.17, 15) is 9.18 Å². The molecule has 0 heterocycles. The van der Waals surface area contributed by atoms with Crippen molar-refractivity contribution in [2.45, 2.75) is 20.3 Å². The van der Waals surface area contributed by atoms with E-state index in [-0.39, 0.29) is 24.0 Å². The molecule has 134 valence electrons. The van der Waals surface area contributed by atoms with Gasteiger partial charge in [-0.25, -0.2) is 4.39 Å². The maximum Gasteiger partial charge on any atom is 0.238 e. The van der Waals surface area contributed by atoms with Gasteiger partial charge >= 0.3 is 0 Å². The second-order valence-corrected chi connectivity index (χ2v) is 6.03. The number of likely N-dealkylation sites (N-methyl/N-ethyl adjacent to an activating group) is 1. The predicted octanol–water partition coefficient (Wildman–Crippen LogP) is 3.65. The molecule has 5 heteroatoms. The number of nitrogens with one attached hydrogen (secondary N) is 1. The Kier molecular flexibility index (Phi) is 6.95. The molecule has 1 amide bonds. The molecule has 0 aliphatic carbocycles. The van der Waals surface area contributed by atoms with Crippen molar-refractivity contribution in [1.82, 2.24) is 4.90 Å². The molecule has 0 saturated heterocycles. The average molecular weight is 344 g/mol. The third-order valence-corrected chi connectivity index (χ3v) is 3.99. The number of ether oxygens (including phenoxy) is 1. The normalized spacial score (nSPS) is 10.8. The minimum absolute atomic E-state index is 0.0719. The van der Waals surface area contributed by atoms with Gasteiger partial charge in [0.2, 0.25) is 5.91 Å². The number of carbonyl (C=O) groups is 1. The Morgan fingerprint density at radius 3 is 2.68 bits per heavy atom. The Bertz CT molecular complexity index is 719. The molecule has 0 saturated carbocycles. The molecule has 0 unspecified atom stereocenters. The molecule has 0 aliphatic rings. The van der Waals surface area contributed by atoms with Gasteiger partial charge in [-0.1, -0.05) is 37.3 Å². The first kappa shape index (κ1) is 18.9. The molecule has 25 heavy (non-hydrogen) atoms. The van der Waals surface area contributed by atoms with Crippen LogP contribution in [-0.2, 0) is 11.2 Å². The van der Waals surface area contributed by atoms with E-state index in [1.165, 1.54) is 6.07 Å². The number of aryl methyl sites for hydroxylation is 2. The number of hydrogen-bond donors (Lipinski definition) is 1. The zero-order valence-corrected chi connectivity index (χ0v) is 15.0. The smallest absolute Gasteiger partial charge is 0.238 e. The number of benzene rings is 2. The highest BCUT2D eigenvalue weighted by atomic mass is 19.1. The van der Waals surface area contributed by atoms with Crippen LogP contribution in [0.25, 0.3) is 0 Å². The summed E-state index contributed by atoms with van der Waals surface area (Å²) in [6.45, 7) is 5.14. The number of hydrogen-bond acceptors (Lipinski definition) is 3. The number of carbonyl (C=O) groups excluding carboxylic acids is 1. The van der Waals surface area contributed by atoms with E-state index in [1.54, 1.807) is 18.2 Å². The maximum absolute atomic E-state index is 13.5. The molecule has 0 fully saturated rings. The molecule has 0 atom stereocenters. The fraction of sp³-hybridized carbons (Fsp3) is 0.350. The van der Waals surface area contributed by atoms with Gasteiger partial charge in [-0.15, -0.1) is 0 Å². The molecular weight excluding hydrogens is 319 g/mol. The highest BCUT2D eigenvalue weighted by Crippen LogP contribution is 2.21. The average Bonchev–Trinajstić information content (AvgIpc) is 2.58. The first-order valence-electron chi connectivity index (χ1n) is 8.45. The van der Waals surface area contributed by atoms with Crippen molar-refractivity contribution >= 4 is 11.6 Å². The first-order chi connectivity index (χ1) is 12.0. The summed E-state index contributed by atoms with van der Waals surface area (Å²) in [7, 11) is 1.84. The summed E-state index contributed by atoms with van der Waals surface area (Å²) >= 11 is 0. The number of amides is 1. The van der Waals surface area contributed by atoms with Gasteiger partial charge in [-0.2, -0.15) is 0 Å². The fourth-order valence-corrected chi connectivity index (χ4v) is 2.58. The van der Waals surface area contributed by atoms with Crippen molar-refractivity contribution in [3.8, 4) is 5.75 Å². The lowest BCUT2D eigenvalue weighted by atomic mass is 10.1. The summed E-state index contributed by atoms with van der Waals surface area (Å²) < 4.78 is 18.9. The van der Waals surface area contributed by atoms with Crippen LogP contribution in [0.2, 0.25) is 0 Å². The molecule has 0 aliphatic heterocycles. The van der Waals surface area contributed by atoms with Crippen LogP contribution >= 0.6 is 0 Å². The van der Waals surface area contributed by atoms with Crippen LogP contribution in [0.15, 0.2) is 42.5 Å². The van der Waals surface area contributed by atoms with Gasteiger partial charge in [0, 0.05) is 12.2 Å². The van der Waals surface area contributed by atoms with Crippen molar-refractivity contribution in [1.29, 1.82) is 0 Å². The zero-order chi connectivity index (χ0) is 18.2. The highest BCUT2D eigenvalue weighted by molar-refractivity contribution is 5.93. The lowest BCUT2D eigenvalue weighted by molar-refractivity contribution is -0.117. The molecule has 1 N–H and O–H groups in total. The molecule has 2 rings (SSSR count). The zero-order valence-electron chi connectivity index (χ0n) is 15.0. The van der Waals surface area contributed by atoms with E-state index in [1.807, 2.05) is 37.1 Å².